The van der Waals surface area contributed by atoms with E-state index in [0.717, 1.165) is 36.3 Å². The lowest BCUT2D eigenvalue weighted by Gasteiger charge is -2.44. The van der Waals surface area contributed by atoms with E-state index in [1.165, 1.54) is 15.6 Å². The molecule has 0 N–H and O–H groups in total. The van der Waals surface area contributed by atoms with Gasteiger partial charge < -0.3 is 29.1 Å². The molecular formula is C44H84O7Si10. The molecule has 0 saturated heterocycles. The van der Waals surface area contributed by atoms with Crippen LogP contribution >= 0.6 is 0 Å². The lowest BCUT2D eigenvalue weighted by atomic mass is 10.4. The highest BCUT2D eigenvalue weighted by Crippen LogP contribution is 2.34. The maximum Gasteiger partial charge on any atom is 0.348 e. The summed E-state index contributed by atoms with van der Waals surface area (Å²) in [5.41, 5.74) is 2.02. The van der Waals surface area contributed by atoms with Crippen LogP contribution in [0.3, 0.4) is 0 Å². The van der Waals surface area contributed by atoms with Gasteiger partial charge in [-0.25, -0.2) is 0 Å². The van der Waals surface area contributed by atoms with Crippen molar-refractivity contribution in [3.8, 4) is 0 Å². The molecule has 0 saturated carbocycles. The summed E-state index contributed by atoms with van der Waals surface area (Å²) >= 11 is 0. The standard InChI is InChI=1S/C44H84O7Si10/c1-20-52(3,4)46-59(17,42-30-24-21-25-31-42)47-55(9,10)38-39-56(11,12)50-61(19,44-34-28-23-29-35-44)51-58(15,16)41-40-57(13,14)49-60(18,43-32-26-22-27-33-43)48-54(7,8)37-36-53(5,6)45-2/h20-35H,1,36-41H2,2-19H3. The van der Waals surface area contributed by atoms with Crippen LogP contribution in [-0.2, 0) is 29.1 Å². The molecule has 0 heterocycles. The van der Waals surface area contributed by atoms with Gasteiger partial charge in [-0.1, -0.05) is 96.7 Å². The van der Waals surface area contributed by atoms with Gasteiger partial charge in [0.05, 0.1) is 0 Å². The third-order valence-electron chi connectivity index (χ3n) is 11.7. The molecule has 0 aliphatic heterocycles. The Hall–Kier alpha value is -0.711. The number of rotatable bonds is 26. The molecule has 0 aromatic heterocycles. The first-order valence-corrected chi connectivity index (χ1v) is 51.0. The minimum absolute atomic E-state index is 0.996. The Labute approximate surface area is 384 Å². The highest BCUT2D eigenvalue weighted by Gasteiger charge is 2.49. The Kier molecular flexibility index (Phi) is 19.1. The largest absolute Gasteiger partial charge is 0.433 e. The summed E-state index contributed by atoms with van der Waals surface area (Å²) in [6, 6.07) is 38.3. The summed E-state index contributed by atoms with van der Waals surface area (Å²) in [5.74, 6) is 0. The molecule has 0 spiro atoms. The molecule has 3 rings (SSSR count). The topological polar surface area (TPSA) is 64.6 Å². The van der Waals surface area contributed by atoms with Crippen molar-refractivity contribution in [2.24, 2.45) is 0 Å². The molecule has 0 radical (unpaired) electrons. The van der Waals surface area contributed by atoms with Crippen LogP contribution in [0.1, 0.15) is 0 Å². The second-order valence-corrected chi connectivity index (χ2v) is 62.1. The molecule has 7 nitrogen and oxygen atoms in total. The van der Waals surface area contributed by atoms with Crippen LogP contribution in [0.15, 0.2) is 103 Å². The van der Waals surface area contributed by atoms with Crippen LogP contribution in [0.25, 0.3) is 0 Å². The highest BCUT2D eigenvalue weighted by molar-refractivity contribution is 6.98. The van der Waals surface area contributed by atoms with E-state index >= 15 is 0 Å². The minimum atomic E-state index is -2.85. The van der Waals surface area contributed by atoms with Gasteiger partial charge in [0.25, 0.3) is 0 Å². The second-order valence-electron chi connectivity index (χ2n) is 21.6. The monoisotopic (exact) mass is 1000 g/mol. The summed E-state index contributed by atoms with van der Waals surface area (Å²) in [6.07, 6.45) is 0. The second kappa shape index (κ2) is 21.3. The van der Waals surface area contributed by atoms with Crippen LogP contribution in [0.2, 0.25) is 148 Å². The zero-order chi connectivity index (χ0) is 46.2. The van der Waals surface area contributed by atoms with E-state index in [2.05, 4.69) is 209 Å². The Morgan fingerprint density at radius 2 is 0.557 bits per heavy atom. The van der Waals surface area contributed by atoms with Gasteiger partial charge in [0.2, 0.25) is 0 Å². The third kappa shape index (κ3) is 17.9. The van der Waals surface area contributed by atoms with Crippen LogP contribution in [0, 0.1) is 0 Å². The summed E-state index contributed by atoms with van der Waals surface area (Å²) in [7, 11) is -21.4. The number of hydrogen-bond acceptors (Lipinski definition) is 7. The maximum absolute atomic E-state index is 7.55. The van der Waals surface area contributed by atoms with Gasteiger partial charge in [-0.05, 0) is 163 Å². The smallest absolute Gasteiger partial charge is 0.348 e. The quantitative estimate of drug-likeness (QED) is 0.0743. The first kappa shape index (κ1) is 54.6. The predicted octanol–water partition coefficient (Wildman–Crippen LogP) is 11.8. The zero-order valence-electron chi connectivity index (χ0n) is 41.5. The first-order chi connectivity index (χ1) is 27.8. The number of hydrogen-bond donors (Lipinski definition) is 0. The minimum Gasteiger partial charge on any atom is -0.433 e. The van der Waals surface area contributed by atoms with E-state index in [9.17, 15) is 0 Å². The molecule has 0 fully saturated rings. The summed E-state index contributed by atoms with van der Waals surface area (Å²) in [4.78, 5) is 0. The molecule has 3 unspecified atom stereocenters. The molecule has 0 aliphatic carbocycles. The van der Waals surface area contributed by atoms with Crippen molar-refractivity contribution < 1.29 is 29.1 Å². The van der Waals surface area contributed by atoms with Crippen LogP contribution in [0.5, 0.6) is 0 Å². The Bertz CT molecular complexity index is 1820. The molecule has 61 heavy (non-hydrogen) atoms. The molecule has 0 amide bonds. The zero-order valence-corrected chi connectivity index (χ0v) is 51.5. The van der Waals surface area contributed by atoms with Gasteiger partial charge in [-0.15, -0.1) is 6.58 Å². The summed E-state index contributed by atoms with van der Waals surface area (Å²) in [6.45, 7) is 43.7. The van der Waals surface area contributed by atoms with Crippen molar-refractivity contribution in [1.82, 2.24) is 0 Å². The number of benzene rings is 3. The highest BCUT2D eigenvalue weighted by atomic mass is 28.5. The van der Waals surface area contributed by atoms with Gasteiger partial charge in [0.1, 0.15) is 0 Å². The molecule has 0 aliphatic rings. The SMILES string of the molecule is C=C[Si](C)(C)O[Si](C)(O[Si](C)(C)CC[Si](C)(C)O[Si](C)(O[Si](C)(C)CC[Si](C)(C)O[Si](C)(O[Si](C)(C)CC[Si](C)(C)OC)c1ccccc1)c1ccccc1)c1ccccc1. The first-order valence-electron chi connectivity index (χ1n) is 22.4. The van der Waals surface area contributed by atoms with E-state index < -0.39 is 83.9 Å². The third-order valence-corrected chi connectivity index (χ3v) is 50.7. The van der Waals surface area contributed by atoms with E-state index in [0.29, 0.717) is 0 Å². The van der Waals surface area contributed by atoms with Crippen molar-refractivity contribution in [3.05, 3.63) is 103 Å². The molecular weight excluding hydrogens is 921 g/mol. The fourth-order valence-corrected chi connectivity index (χ4v) is 57.0. The Balaban J connectivity index is 1.82. The molecule has 17 heteroatoms. The Morgan fingerprint density at radius 1 is 0.344 bits per heavy atom. The summed E-state index contributed by atoms with van der Waals surface area (Å²) < 4.78 is 50.1. The van der Waals surface area contributed by atoms with Gasteiger partial charge in [0.15, 0.2) is 58.2 Å². The van der Waals surface area contributed by atoms with E-state index in [1.54, 1.807) is 0 Å². The molecule has 342 valence electrons. The van der Waals surface area contributed by atoms with Crippen molar-refractivity contribution in [2.75, 3.05) is 7.11 Å². The van der Waals surface area contributed by atoms with Crippen LogP contribution in [0.4, 0.5) is 0 Å². The average Bonchev–Trinajstić information content (AvgIpc) is 3.16. The lowest BCUT2D eigenvalue weighted by molar-refractivity contribution is 0.388. The van der Waals surface area contributed by atoms with E-state index in [1.807, 2.05) is 12.8 Å². The van der Waals surface area contributed by atoms with E-state index in [4.69, 9.17) is 29.1 Å². The maximum atomic E-state index is 7.55. The fourth-order valence-electron chi connectivity index (χ4n) is 7.98. The van der Waals surface area contributed by atoms with Gasteiger partial charge in [-0.2, -0.15) is 0 Å². The van der Waals surface area contributed by atoms with Crippen LogP contribution in [-0.4, -0.2) is 91.0 Å². The lowest BCUT2D eigenvalue weighted by Crippen LogP contribution is -2.63. The normalized spacial score (nSPS) is 16.7. The molecule has 3 aromatic carbocycles. The average molecular weight is 1010 g/mol. The predicted molar refractivity (Wildman–Crippen MR) is 288 cm³/mol. The molecule has 3 aromatic rings. The van der Waals surface area contributed by atoms with Gasteiger partial charge in [-0.3, -0.25) is 0 Å². The molecule has 0 bridgehead atoms. The van der Waals surface area contributed by atoms with Gasteiger partial charge >= 0.3 is 25.7 Å². The van der Waals surface area contributed by atoms with Crippen molar-refractivity contribution in [1.29, 1.82) is 0 Å². The van der Waals surface area contributed by atoms with Crippen LogP contribution < -0.4 is 15.6 Å². The van der Waals surface area contributed by atoms with Crippen molar-refractivity contribution >= 4 is 99.5 Å². The van der Waals surface area contributed by atoms with Crippen molar-refractivity contribution in [3.63, 3.8) is 0 Å². The molecule has 3 atom stereocenters. The van der Waals surface area contributed by atoms with Gasteiger partial charge in [0, 0.05) is 7.11 Å². The fraction of sp³-hybridized carbons (Fsp3) is 0.545. The Morgan fingerprint density at radius 3 is 0.770 bits per heavy atom. The summed E-state index contributed by atoms with van der Waals surface area (Å²) in [5, 5.41) is 3.60. The van der Waals surface area contributed by atoms with E-state index in [-0.39, 0.29) is 0 Å². The van der Waals surface area contributed by atoms with Crippen molar-refractivity contribution in [2.45, 2.75) is 148 Å².